The number of methoxy groups -OCH3 is 2. The van der Waals surface area contributed by atoms with Gasteiger partial charge in [0.05, 0.1) is 12.7 Å². The summed E-state index contributed by atoms with van der Waals surface area (Å²) in [5.74, 6) is 3.03. The Balaban J connectivity index is 1.68. The van der Waals surface area contributed by atoms with E-state index >= 15 is 0 Å². The number of aliphatic imine (C=N–C) groups is 1. The number of benzene rings is 2. The van der Waals surface area contributed by atoms with Crippen molar-refractivity contribution in [1.82, 2.24) is 9.80 Å². The lowest BCUT2D eigenvalue weighted by molar-refractivity contribution is -0.134. The first-order valence-electron chi connectivity index (χ1n) is 9.75. The first-order valence-corrected chi connectivity index (χ1v) is 9.75. The van der Waals surface area contributed by atoms with E-state index in [2.05, 4.69) is 4.90 Å². The first-order chi connectivity index (χ1) is 14.2. The molecule has 152 valence electrons. The van der Waals surface area contributed by atoms with Crippen molar-refractivity contribution >= 4 is 17.4 Å². The third-order valence-corrected chi connectivity index (χ3v) is 5.16. The summed E-state index contributed by atoms with van der Waals surface area (Å²) in [5.41, 5.74) is 1.70. The molecule has 0 unspecified atom stereocenters. The van der Waals surface area contributed by atoms with Crippen molar-refractivity contribution in [3.63, 3.8) is 0 Å². The van der Waals surface area contributed by atoms with Crippen LogP contribution in [0.5, 0.6) is 17.2 Å². The SMILES string of the molecule is COCC(=O)N1CCCN(C2=Nc3ccccc3Oc3cc(OC)ccc32)CC1. The molecule has 7 heteroatoms. The molecule has 0 saturated carbocycles. The summed E-state index contributed by atoms with van der Waals surface area (Å²) in [6.45, 7) is 2.97. The number of ether oxygens (including phenoxy) is 3. The molecule has 0 aromatic heterocycles. The van der Waals surface area contributed by atoms with Gasteiger partial charge in [-0.15, -0.1) is 0 Å². The second-order valence-corrected chi connectivity index (χ2v) is 7.02. The Kier molecular flexibility index (Phi) is 5.67. The maximum absolute atomic E-state index is 12.2. The van der Waals surface area contributed by atoms with Crippen LogP contribution in [0.2, 0.25) is 0 Å². The lowest BCUT2D eigenvalue weighted by Crippen LogP contribution is -2.38. The van der Waals surface area contributed by atoms with E-state index in [9.17, 15) is 4.79 Å². The van der Waals surface area contributed by atoms with Crippen molar-refractivity contribution in [1.29, 1.82) is 0 Å². The molecular weight excluding hydrogens is 370 g/mol. The molecule has 4 rings (SSSR count). The number of nitrogens with zero attached hydrogens (tertiary/aromatic N) is 3. The number of rotatable bonds is 3. The highest BCUT2D eigenvalue weighted by Crippen LogP contribution is 2.39. The van der Waals surface area contributed by atoms with Gasteiger partial charge in [0, 0.05) is 39.4 Å². The van der Waals surface area contributed by atoms with Gasteiger partial charge in [0.15, 0.2) is 5.75 Å². The van der Waals surface area contributed by atoms with Crippen LogP contribution in [0.15, 0.2) is 47.5 Å². The van der Waals surface area contributed by atoms with E-state index in [-0.39, 0.29) is 12.5 Å². The molecule has 0 radical (unpaired) electrons. The van der Waals surface area contributed by atoms with Gasteiger partial charge in [-0.05, 0) is 30.7 Å². The van der Waals surface area contributed by atoms with Gasteiger partial charge in [0.2, 0.25) is 5.91 Å². The van der Waals surface area contributed by atoms with Gasteiger partial charge in [-0.25, -0.2) is 4.99 Å². The molecule has 7 nitrogen and oxygen atoms in total. The number of amides is 1. The molecule has 2 aromatic rings. The molecule has 0 aliphatic carbocycles. The normalized spacial score (nSPS) is 16.0. The number of fused-ring (bicyclic) bond motifs is 2. The van der Waals surface area contributed by atoms with Crippen LogP contribution < -0.4 is 9.47 Å². The van der Waals surface area contributed by atoms with Crippen LogP contribution in [0.1, 0.15) is 12.0 Å². The summed E-state index contributed by atoms with van der Waals surface area (Å²) in [7, 11) is 3.19. The van der Waals surface area contributed by atoms with Crippen molar-refractivity contribution in [3.8, 4) is 17.2 Å². The molecule has 0 atom stereocenters. The van der Waals surface area contributed by atoms with Crippen LogP contribution in [0.3, 0.4) is 0 Å². The van der Waals surface area contributed by atoms with E-state index in [4.69, 9.17) is 19.2 Å². The smallest absolute Gasteiger partial charge is 0.248 e. The average Bonchev–Trinajstić information content (AvgIpc) is 3.08. The Morgan fingerprint density at radius 2 is 1.93 bits per heavy atom. The highest BCUT2D eigenvalue weighted by molar-refractivity contribution is 6.04. The Bertz CT molecular complexity index is 928. The molecule has 2 aliphatic heterocycles. The van der Waals surface area contributed by atoms with Gasteiger partial charge in [-0.3, -0.25) is 4.79 Å². The summed E-state index contributed by atoms with van der Waals surface area (Å²) in [6, 6.07) is 13.5. The largest absolute Gasteiger partial charge is 0.497 e. The van der Waals surface area contributed by atoms with Gasteiger partial charge >= 0.3 is 0 Å². The standard InChI is InChI=1S/C22H25N3O4/c1-27-15-21(26)24-10-5-11-25(13-12-24)22-17-9-8-16(28-2)14-20(17)29-19-7-4-3-6-18(19)23-22/h3-4,6-9,14H,5,10-13,15H2,1-2H3. The quantitative estimate of drug-likeness (QED) is 0.799. The molecular formula is C22H25N3O4. The van der Waals surface area contributed by atoms with Crippen molar-refractivity contribution in [2.24, 2.45) is 4.99 Å². The lowest BCUT2D eigenvalue weighted by Gasteiger charge is -2.25. The summed E-state index contributed by atoms with van der Waals surface area (Å²) in [6.07, 6.45) is 0.864. The predicted molar refractivity (Wildman–Crippen MR) is 110 cm³/mol. The molecule has 1 saturated heterocycles. The minimum atomic E-state index is 0.0240. The van der Waals surface area contributed by atoms with E-state index in [0.29, 0.717) is 31.1 Å². The molecule has 2 heterocycles. The molecule has 2 aliphatic rings. The Morgan fingerprint density at radius 1 is 1.07 bits per heavy atom. The van der Waals surface area contributed by atoms with E-state index in [1.807, 2.05) is 47.4 Å². The van der Waals surface area contributed by atoms with E-state index in [1.165, 1.54) is 0 Å². The first kappa shape index (κ1) is 19.3. The zero-order valence-corrected chi connectivity index (χ0v) is 16.8. The topological polar surface area (TPSA) is 63.6 Å². The Hall–Kier alpha value is -3.06. The highest BCUT2D eigenvalue weighted by atomic mass is 16.5. The number of amidine groups is 1. The monoisotopic (exact) mass is 395 g/mol. The van der Waals surface area contributed by atoms with Gasteiger partial charge in [-0.2, -0.15) is 0 Å². The summed E-state index contributed by atoms with van der Waals surface area (Å²) < 4.78 is 16.6. The van der Waals surface area contributed by atoms with Gasteiger partial charge in [-0.1, -0.05) is 12.1 Å². The lowest BCUT2D eigenvalue weighted by atomic mass is 10.1. The summed E-state index contributed by atoms with van der Waals surface area (Å²) in [4.78, 5) is 21.3. The van der Waals surface area contributed by atoms with Crippen LogP contribution >= 0.6 is 0 Å². The fourth-order valence-corrected chi connectivity index (χ4v) is 3.66. The third-order valence-electron chi connectivity index (χ3n) is 5.16. The second kappa shape index (κ2) is 8.53. The number of carbonyl (C=O) groups is 1. The van der Waals surface area contributed by atoms with Crippen LogP contribution in [0.4, 0.5) is 5.69 Å². The van der Waals surface area contributed by atoms with E-state index in [1.54, 1.807) is 14.2 Å². The van der Waals surface area contributed by atoms with Crippen LogP contribution in [-0.4, -0.2) is 68.5 Å². The maximum Gasteiger partial charge on any atom is 0.248 e. The zero-order valence-electron chi connectivity index (χ0n) is 16.8. The van der Waals surface area contributed by atoms with E-state index < -0.39 is 0 Å². The molecule has 2 aromatic carbocycles. The van der Waals surface area contributed by atoms with Crippen molar-refractivity contribution < 1.29 is 19.0 Å². The summed E-state index contributed by atoms with van der Waals surface area (Å²) >= 11 is 0. The molecule has 1 amide bonds. The van der Waals surface area contributed by atoms with Crippen molar-refractivity contribution in [2.75, 3.05) is 47.0 Å². The van der Waals surface area contributed by atoms with Crippen LogP contribution in [0.25, 0.3) is 0 Å². The fraction of sp³-hybridized carbons (Fsp3) is 0.364. The van der Waals surface area contributed by atoms with Gasteiger partial charge in [0.1, 0.15) is 29.6 Å². The van der Waals surface area contributed by atoms with Crippen LogP contribution in [-0.2, 0) is 9.53 Å². The van der Waals surface area contributed by atoms with Crippen LogP contribution in [0, 0.1) is 0 Å². The minimum Gasteiger partial charge on any atom is -0.497 e. The third kappa shape index (κ3) is 4.05. The predicted octanol–water partition coefficient (Wildman–Crippen LogP) is 3.06. The molecule has 0 spiro atoms. The van der Waals surface area contributed by atoms with Gasteiger partial charge in [0.25, 0.3) is 0 Å². The molecule has 0 bridgehead atoms. The summed E-state index contributed by atoms with van der Waals surface area (Å²) in [5, 5.41) is 0. The van der Waals surface area contributed by atoms with Crippen molar-refractivity contribution in [2.45, 2.75) is 6.42 Å². The van der Waals surface area contributed by atoms with E-state index in [0.717, 1.165) is 35.8 Å². The molecule has 29 heavy (non-hydrogen) atoms. The fourth-order valence-electron chi connectivity index (χ4n) is 3.66. The van der Waals surface area contributed by atoms with Crippen molar-refractivity contribution in [3.05, 3.63) is 48.0 Å². The molecule has 1 fully saturated rings. The molecule has 0 N–H and O–H groups in total. The Labute approximate surface area is 170 Å². The van der Waals surface area contributed by atoms with Gasteiger partial charge < -0.3 is 24.0 Å². The average molecular weight is 395 g/mol. The number of hydrogen-bond acceptors (Lipinski definition) is 6. The highest BCUT2D eigenvalue weighted by Gasteiger charge is 2.26. The number of hydrogen-bond donors (Lipinski definition) is 0. The zero-order chi connectivity index (χ0) is 20.2. The minimum absolute atomic E-state index is 0.0240. The number of carbonyl (C=O) groups excluding carboxylic acids is 1. The Morgan fingerprint density at radius 3 is 2.76 bits per heavy atom. The maximum atomic E-state index is 12.2. The second-order valence-electron chi connectivity index (χ2n) is 7.02. The number of para-hydroxylation sites is 2.